The Labute approximate surface area is 95.4 Å². The van der Waals surface area contributed by atoms with Gasteiger partial charge in [0.1, 0.15) is 0 Å². The van der Waals surface area contributed by atoms with Crippen molar-refractivity contribution < 1.29 is 9.53 Å². The molecule has 2 nitrogen and oxygen atoms in total. The van der Waals surface area contributed by atoms with Crippen LogP contribution in [0.5, 0.6) is 0 Å². The van der Waals surface area contributed by atoms with Crippen LogP contribution in [0.25, 0.3) is 0 Å². The van der Waals surface area contributed by atoms with Gasteiger partial charge in [-0.1, -0.05) is 23.7 Å². The molecular formula is C9H8ClIO2. The van der Waals surface area contributed by atoms with Gasteiger partial charge < -0.3 is 4.74 Å². The molecule has 0 aromatic heterocycles. The lowest BCUT2D eigenvalue weighted by atomic mass is 10.1. The summed E-state index contributed by atoms with van der Waals surface area (Å²) in [4.78, 5) is 11.0. The third-order valence-electron chi connectivity index (χ3n) is 1.59. The fourth-order valence-corrected chi connectivity index (χ4v) is 1.66. The van der Waals surface area contributed by atoms with Gasteiger partial charge in [-0.2, -0.15) is 0 Å². The lowest BCUT2D eigenvalue weighted by Crippen LogP contribution is -2.05. The van der Waals surface area contributed by atoms with E-state index in [-0.39, 0.29) is 12.4 Å². The highest BCUT2D eigenvalue weighted by Crippen LogP contribution is 2.22. The van der Waals surface area contributed by atoms with E-state index in [0.717, 1.165) is 9.13 Å². The first-order chi connectivity index (χ1) is 6.15. The highest BCUT2D eigenvalue weighted by Gasteiger charge is 2.08. The van der Waals surface area contributed by atoms with Crippen LogP contribution in [0.15, 0.2) is 18.2 Å². The first kappa shape index (κ1) is 10.8. The van der Waals surface area contributed by atoms with Crippen molar-refractivity contribution in [1.29, 1.82) is 0 Å². The zero-order chi connectivity index (χ0) is 9.84. The van der Waals surface area contributed by atoms with Crippen molar-refractivity contribution in [2.75, 3.05) is 7.11 Å². The van der Waals surface area contributed by atoms with Crippen LogP contribution in [0.3, 0.4) is 0 Å². The van der Waals surface area contributed by atoms with Gasteiger partial charge in [0, 0.05) is 3.57 Å². The summed E-state index contributed by atoms with van der Waals surface area (Å²) in [5.41, 5.74) is 0.903. The summed E-state index contributed by atoms with van der Waals surface area (Å²) >= 11 is 8.00. The summed E-state index contributed by atoms with van der Waals surface area (Å²) in [5.74, 6) is -0.250. The number of methoxy groups -OCH3 is 1. The number of ether oxygens (including phenoxy) is 1. The maximum atomic E-state index is 11.0. The average molecular weight is 311 g/mol. The van der Waals surface area contributed by atoms with Crippen molar-refractivity contribution >= 4 is 40.2 Å². The van der Waals surface area contributed by atoms with Crippen molar-refractivity contribution in [1.82, 2.24) is 0 Å². The minimum Gasteiger partial charge on any atom is -0.469 e. The van der Waals surface area contributed by atoms with E-state index >= 15 is 0 Å². The Balaban J connectivity index is 2.89. The van der Waals surface area contributed by atoms with Crippen LogP contribution in [-0.2, 0) is 16.0 Å². The molecule has 70 valence electrons. The standard InChI is InChI=1S/C9H8ClIO2/c1-13-8(12)5-6-3-2-4-7(10)9(6)11/h2-4H,5H2,1H3. The molecular weight excluding hydrogens is 302 g/mol. The predicted octanol–water partition coefficient (Wildman–Crippen LogP) is 2.66. The van der Waals surface area contributed by atoms with E-state index < -0.39 is 0 Å². The molecule has 0 atom stereocenters. The summed E-state index contributed by atoms with van der Waals surface area (Å²) < 4.78 is 5.47. The second-order valence-electron chi connectivity index (χ2n) is 2.47. The second kappa shape index (κ2) is 4.81. The molecule has 0 unspecified atom stereocenters. The molecule has 4 heteroatoms. The molecule has 0 N–H and O–H groups in total. The van der Waals surface area contributed by atoms with Gasteiger partial charge in [-0.3, -0.25) is 4.79 Å². The molecule has 0 saturated heterocycles. The lowest BCUT2D eigenvalue weighted by Gasteiger charge is -2.03. The first-order valence-electron chi connectivity index (χ1n) is 3.65. The van der Waals surface area contributed by atoms with Gasteiger partial charge in [0.05, 0.1) is 18.6 Å². The topological polar surface area (TPSA) is 26.3 Å². The zero-order valence-corrected chi connectivity index (χ0v) is 9.93. The average Bonchev–Trinajstić information content (AvgIpc) is 2.13. The van der Waals surface area contributed by atoms with Crippen LogP contribution in [-0.4, -0.2) is 13.1 Å². The van der Waals surface area contributed by atoms with Gasteiger partial charge in [-0.15, -0.1) is 0 Å². The normalized spacial score (nSPS) is 9.77. The number of esters is 1. The van der Waals surface area contributed by atoms with Crippen LogP contribution in [0, 0.1) is 3.57 Å². The lowest BCUT2D eigenvalue weighted by molar-refractivity contribution is -0.139. The van der Waals surface area contributed by atoms with Gasteiger partial charge in [0.15, 0.2) is 0 Å². The molecule has 0 bridgehead atoms. The number of hydrogen-bond acceptors (Lipinski definition) is 2. The summed E-state index contributed by atoms with van der Waals surface area (Å²) in [6.07, 6.45) is 0.273. The van der Waals surface area contributed by atoms with Crippen molar-refractivity contribution in [3.63, 3.8) is 0 Å². The van der Waals surface area contributed by atoms with E-state index in [4.69, 9.17) is 11.6 Å². The molecule has 0 fully saturated rings. The summed E-state index contributed by atoms with van der Waals surface area (Å²) in [7, 11) is 1.37. The third kappa shape index (κ3) is 2.84. The van der Waals surface area contributed by atoms with Crippen molar-refractivity contribution in [2.24, 2.45) is 0 Å². The van der Waals surface area contributed by atoms with Crippen molar-refractivity contribution in [3.8, 4) is 0 Å². The SMILES string of the molecule is COC(=O)Cc1cccc(Cl)c1I. The minimum absolute atomic E-state index is 0.250. The first-order valence-corrected chi connectivity index (χ1v) is 5.10. The number of carbonyl (C=O) groups excluding carboxylic acids is 1. The molecule has 0 aliphatic heterocycles. The maximum absolute atomic E-state index is 11.0. The number of halogens is 2. The number of rotatable bonds is 2. The Hall–Kier alpha value is -0.290. The van der Waals surface area contributed by atoms with Gasteiger partial charge >= 0.3 is 5.97 Å². The van der Waals surface area contributed by atoms with Crippen LogP contribution in [0.1, 0.15) is 5.56 Å². The van der Waals surface area contributed by atoms with Crippen LogP contribution in [0.2, 0.25) is 5.02 Å². The Morgan fingerprint density at radius 2 is 2.31 bits per heavy atom. The molecule has 1 aromatic carbocycles. The molecule has 0 aliphatic carbocycles. The Morgan fingerprint density at radius 3 is 2.92 bits per heavy atom. The third-order valence-corrected chi connectivity index (χ3v) is 3.50. The van der Waals surface area contributed by atoms with E-state index in [1.807, 2.05) is 12.1 Å². The van der Waals surface area contributed by atoms with Crippen molar-refractivity contribution in [2.45, 2.75) is 6.42 Å². The second-order valence-corrected chi connectivity index (χ2v) is 3.95. The predicted molar refractivity (Wildman–Crippen MR) is 59.9 cm³/mol. The van der Waals surface area contributed by atoms with Crippen LogP contribution in [0.4, 0.5) is 0 Å². The zero-order valence-electron chi connectivity index (χ0n) is 7.01. The Bertz CT molecular complexity index is 325. The minimum atomic E-state index is -0.250. The van der Waals surface area contributed by atoms with Crippen LogP contribution >= 0.6 is 34.2 Å². The molecule has 1 rings (SSSR count). The molecule has 0 spiro atoms. The molecule has 0 amide bonds. The number of hydrogen-bond donors (Lipinski definition) is 0. The fraction of sp³-hybridized carbons (Fsp3) is 0.222. The molecule has 0 aliphatic rings. The van der Waals surface area contributed by atoms with E-state index in [0.29, 0.717) is 5.02 Å². The number of carbonyl (C=O) groups is 1. The fourth-order valence-electron chi connectivity index (χ4n) is 0.913. The smallest absolute Gasteiger partial charge is 0.310 e. The molecule has 0 saturated carbocycles. The summed E-state index contributed by atoms with van der Waals surface area (Å²) in [6.45, 7) is 0. The highest BCUT2D eigenvalue weighted by atomic mass is 127. The Kier molecular flexibility index (Phi) is 3.99. The van der Waals surface area contributed by atoms with Crippen LogP contribution < -0.4 is 0 Å². The van der Waals surface area contributed by atoms with E-state index in [1.165, 1.54) is 7.11 Å². The quantitative estimate of drug-likeness (QED) is 0.620. The maximum Gasteiger partial charge on any atom is 0.310 e. The number of benzene rings is 1. The monoisotopic (exact) mass is 310 g/mol. The summed E-state index contributed by atoms with van der Waals surface area (Å²) in [6, 6.07) is 5.48. The molecule has 0 heterocycles. The van der Waals surface area contributed by atoms with E-state index in [2.05, 4.69) is 27.3 Å². The molecule has 13 heavy (non-hydrogen) atoms. The van der Waals surface area contributed by atoms with Gasteiger partial charge in [0.25, 0.3) is 0 Å². The van der Waals surface area contributed by atoms with E-state index in [1.54, 1.807) is 6.07 Å². The van der Waals surface area contributed by atoms with Crippen molar-refractivity contribution in [3.05, 3.63) is 32.4 Å². The molecule has 1 aromatic rings. The van der Waals surface area contributed by atoms with Gasteiger partial charge in [-0.25, -0.2) is 0 Å². The molecule has 0 radical (unpaired) electrons. The largest absolute Gasteiger partial charge is 0.469 e. The van der Waals surface area contributed by atoms with E-state index in [9.17, 15) is 4.79 Å². The summed E-state index contributed by atoms with van der Waals surface area (Å²) in [5, 5.41) is 0.669. The highest BCUT2D eigenvalue weighted by molar-refractivity contribution is 14.1. The van der Waals surface area contributed by atoms with Gasteiger partial charge in [0.2, 0.25) is 0 Å². The Morgan fingerprint density at radius 1 is 1.62 bits per heavy atom. The van der Waals surface area contributed by atoms with Gasteiger partial charge in [-0.05, 0) is 34.2 Å².